The van der Waals surface area contributed by atoms with E-state index in [1.807, 2.05) is 30.3 Å². The number of benzene rings is 2. The maximum atomic E-state index is 10.8. The lowest BCUT2D eigenvalue weighted by Crippen LogP contribution is -2.09. The number of carboxylic acid groups (broad SMARTS) is 1. The molecule has 0 fully saturated rings. The zero-order chi connectivity index (χ0) is 19.0. The number of nitrogens with zero attached hydrogens (tertiary/aromatic N) is 3. The maximum Gasteiger partial charge on any atom is 0.365 e. The molecule has 0 unspecified atom stereocenters. The first kappa shape index (κ1) is 17.0. The van der Waals surface area contributed by atoms with Gasteiger partial charge in [0.1, 0.15) is 11.5 Å². The highest BCUT2D eigenvalue weighted by molar-refractivity contribution is 8.14. The van der Waals surface area contributed by atoms with Gasteiger partial charge in [-0.05, 0) is 33.9 Å². The number of hydrogen-bond donors (Lipinski definition) is 3. The van der Waals surface area contributed by atoms with Crippen LogP contribution in [0.25, 0.3) is 22.4 Å². The van der Waals surface area contributed by atoms with E-state index in [9.17, 15) is 9.90 Å². The number of fused-ring (bicyclic) bond motifs is 1. The van der Waals surface area contributed by atoms with Crippen LogP contribution in [-0.2, 0) is 4.79 Å². The Hall–Kier alpha value is -3.39. The second-order valence-corrected chi connectivity index (χ2v) is 6.85. The molecule has 27 heavy (non-hydrogen) atoms. The van der Waals surface area contributed by atoms with E-state index in [1.54, 1.807) is 18.3 Å². The van der Waals surface area contributed by atoms with Gasteiger partial charge in [-0.2, -0.15) is 9.67 Å². The topological polar surface area (TPSA) is 102 Å². The fraction of sp³-hybridized carbons (Fsp3) is 0.0526. The third-order valence-electron chi connectivity index (χ3n) is 4.16. The van der Waals surface area contributed by atoms with Crippen LogP contribution in [0, 0.1) is 0 Å². The molecule has 1 aromatic heterocycles. The summed E-state index contributed by atoms with van der Waals surface area (Å²) in [5, 5.41) is 26.7. The molecule has 1 aliphatic heterocycles. The van der Waals surface area contributed by atoms with Crippen molar-refractivity contribution in [2.75, 3.05) is 5.75 Å². The number of carboxylic acids is 1. The number of aliphatic carboxylic acids is 1. The first-order valence-electron chi connectivity index (χ1n) is 8.04. The summed E-state index contributed by atoms with van der Waals surface area (Å²) in [6.07, 6.45) is 1.69. The zero-order valence-corrected chi connectivity index (χ0v) is 14.9. The van der Waals surface area contributed by atoms with Gasteiger partial charge in [0.2, 0.25) is 5.69 Å². The van der Waals surface area contributed by atoms with Gasteiger partial charge in [0, 0.05) is 23.9 Å². The van der Waals surface area contributed by atoms with E-state index in [0.29, 0.717) is 22.1 Å². The molecule has 2 heterocycles. The van der Waals surface area contributed by atoms with Gasteiger partial charge in [0.05, 0.1) is 12.4 Å². The summed E-state index contributed by atoms with van der Waals surface area (Å²) in [4.78, 5) is 15.2. The zero-order valence-electron chi connectivity index (χ0n) is 14.1. The van der Waals surface area contributed by atoms with Crippen LogP contribution in [0.4, 0.5) is 11.4 Å². The van der Waals surface area contributed by atoms with Crippen molar-refractivity contribution in [2.24, 2.45) is 4.99 Å². The number of phenols is 1. The number of aromatic amines is 1. The molecule has 8 heteroatoms. The van der Waals surface area contributed by atoms with E-state index < -0.39 is 5.97 Å². The van der Waals surface area contributed by atoms with Crippen LogP contribution in [0.5, 0.6) is 5.75 Å². The number of thioether (sulfide) groups is 1. The number of aromatic nitrogens is 2. The second-order valence-electron chi connectivity index (χ2n) is 5.91. The molecule has 0 spiro atoms. The largest absolute Gasteiger partial charge is 0.507 e. The molecule has 134 valence electrons. The maximum absolute atomic E-state index is 10.8. The van der Waals surface area contributed by atoms with E-state index in [4.69, 9.17) is 5.11 Å². The first-order chi connectivity index (χ1) is 13.0. The molecular formula is C19H15N4O3S+. The van der Waals surface area contributed by atoms with Crippen molar-refractivity contribution in [1.29, 1.82) is 0 Å². The van der Waals surface area contributed by atoms with Gasteiger partial charge in [-0.25, -0.2) is 0 Å². The molecule has 0 aliphatic carbocycles. The highest BCUT2D eigenvalue weighted by Crippen LogP contribution is 2.43. The first-order valence-corrected chi connectivity index (χ1v) is 9.02. The van der Waals surface area contributed by atoms with Crippen LogP contribution in [0.15, 0.2) is 53.7 Å². The summed E-state index contributed by atoms with van der Waals surface area (Å²) >= 11 is 1.09. The van der Waals surface area contributed by atoms with Crippen LogP contribution in [0.2, 0.25) is 0 Å². The van der Waals surface area contributed by atoms with Gasteiger partial charge in [0.15, 0.2) is 5.69 Å². The molecule has 3 aromatic rings. The van der Waals surface area contributed by atoms with E-state index in [2.05, 4.69) is 21.9 Å². The average molecular weight is 379 g/mol. The molecule has 0 radical (unpaired) electrons. The number of H-pyrrole nitrogens is 1. The van der Waals surface area contributed by atoms with Crippen molar-refractivity contribution < 1.29 is 19.6 Å². The Kier molecular flexibility index (Phi) is 4.25. The number of rotatable bonds is 4. The van der Waals surface area contributed by atoms with Crippen molar-refractivity contribution in [2.45, 2.75) is 0 Å². The smallest absolute Gasteiger partial charge is 0.365 e. The fourth-order valence-corrected chi connectivity index (χ4v) is 3.52. The summed E-state index contributed by atoms with van der Waals surface area (Å²) in [6, 6.07) is 13.0. The molecule has 0 amide bonds. The standard InChI is InChI=1S/C19H14N4O3S/c1-23-16-9-17(24)13(8-15(16)21-19(23)27-10-18(25)26)11-2-4-12(5-3-11)14-6-7-20-22-14/h2-9H,1,10H2,(H2-,20,22,24,25,26)/p+1. The third-order valence-corrected chi connectivity index (χ3v) is 5.12. The van der Waals surface area contributed by atoms with Crippen LogP contribution in [0.1, 0.15) is 0 Å². The van der Waals surface area contributed by atoms with E-state index in [1.165, 1.54) is 4.58 Å². The van der Waals surface area contributed by atoms with Crippen molar-refractivity contribution in [3.8, 4) is 28.1 Å². The number of aromatic hydroxyl groups is 1. The van der Waals surface area contributed by atoms with Crippen LogP contribution >= 0.6 is 11.8 Å². The number of carbonyl (C=O) groups is 1. The Morgan fingerprint density at radius 2 is 1.93 bits per heavy atom. The molecule has 3 N–H and O–H groups in total. The lowest BCUT2D eigenvalue weighted by molar-refractivity contribution is -0.281. The van der Waals surface area contributed by atoms with Gasteiger partial charge in [-0.3, -0.25) is 9.89 Å². The lowest BCUT2D eigenvalue weighted by Gasteiger charge is -2.06. The van der Waals surface area contributed by atoms with Gasteiger partial charge in [-0.15, -0.1) is 0 Å². The molecule has 0 atom stereocenters. The minimum atomic E-state index is -0.923. The molecule has 0 saturated carbocycles. The summed E-state index contributed by atoms with van der Waals surface area (Å²) in [5.41, 5.74) is 4.67. The van der Waals surface area contributed by atoms with E-state index >= 15 is 0 Å². The highest BCUT2D eigenvalue weighted by atomic mass is 32.2. The fourth-order valence-electron chi connectivity index (χ4n) is 2.85. The molecule has 0 bridgehead atoms. The Morgan fingerprint density at radius 1 is 1.19 bits per heavy atom. The van der Waals surface area contributed by atoms with Gasteiger partial charge < -0.3 is 10.2 Å². The Bertz CT molecular complexity index is 1070. The Morgan fingerprint density at radius 3 is 2.59 bits per heavy atom. The molecule has 7 nitrogen and oxygen atoms in total. The summed E-state index contributed by atoms with van der Waals surface area (Å²) in [6.45, 7) is 3.89. The molecule has 0 saturated heterocycles. The number of hydrogen-bond acceptors (Lipinski definition) is 5. The Labute approximate surface area is 158 Å². The lowest BCUT2D eigenvalue weighted by atomic mass is 10.0. The molecule has 2 aromatic carbocycles. The minimum Gasteiger partial charge on any atom is -0.507 e. The van der Waals surface area contributed by atoms with Crippen LogP contribution in [0.3, 0.4) is 0 Å². The number of phenolic OH excluding ortho intramolecular Hbond substituents is 1. The third kappa shape index (κ3) is 3.22. The van der Waals surface area contributed by atoms with Crippen LogP contribution < -0.4 is 0 Å². The predicted molar refractivity (Wildman–Crippen MR) is 105 cm³/mol. The quantitative estimate of drug-likeness (QED) is 0.601. The second kappa shape index (κ2) is 6.73. The number of nitrogens with one attached hydrogen (secondary N) is 1. The number of aliphatic imine (C=N–C) groups is 1. The monoisotopic (exact) mass is 379 g/mol. The minimum absolute atomic E-state index is 0.104. The van der Waals surface area contributed by atoms with Crippen molar-refractivity contribution >= 4 is 41.0 Å². The van der Waals surface area contributed by atoms with E-state index in [0.717, 1.165) is 28.6 Å². The summed E-state index contributed by atoms with van der Waals surface area (Å²) in [5.74, 6) is -0.920. The molecule has 4 rings (SSSR count). The van der Waals surface area contributed by atoms with Crippen LogP contribution in [-0.4, -0.2) is 48.6 Å². The van der Waals surface area contributed by atoms with Crippen molar-refractivity contribution in [1.82, 2.24) is 10.2 Å². The molecule has 1 aliphatic rings. The van der Waals surface area contributed by atoms with Crippen molar-refractivity contribution in [3.05, 3.63) is 48.7 Å². The number of amidine groups is 1. The average Bonchev–Trinajstić information content (AvgIpc) is 3.29. The summed E-state index contributed by atoms with van der Waals surface area (Å²) < 4.78 is 1.54. The van der Waals surface area contributed by atoms with Gasteiger partial charge >= 0.3 is 11.1 Å². The van der Waals surface area contributed by atoms with Gasteiger partial charge in [-0.1, -0.05) is 24.3 Å². The normalized spacial score (nSPS) is 12.7. The molecular weight excluding hydrogens is 364 g/mol. The van der Waals surface area contributed by atoms with Crippen molar-refractivity contribution in [3.63, 3.8) is 0 Å². The highest BCUT2D eigenvalue weighted by Gasteiger charge is 2.31. The van der Waals surface area contributed by atoms with Gasteiger partial charge in [0.25, 0.3) is 0 Å². The Balaban J connectivity index is 1.66. The SMILES string of the molecule is C=[N+]1C(SCC(=O)O)=Nc2cc(-c3ccc(-c4ccn[nH]4)cc3)c(O)cc21. The van der Waals surface area contributed by atoms with E-state index in [-0.39, 0.29) is 11.5 Å². The predicted octanol–water partition coefficient (Wildman–Crippen LogP) is 3.61. The summed E-state index contributed by atoms with van der Waals surface area (Å²) in [7, 11) is 0.